The van der Waals surface area contributed by atoms with Crippen LogP contribution in [0.5, 0.6) is 0 Å². The molecule has 0 heterocycles. The SMILES string of the molecule is CO[P+](CC(=O)O)(OC)OC. The van der Waals surface area contributed by atoms with Gasteiger partial charge in [0.05, 0.1) is 21.3 Å². The summed E-state index contributed by atoms with van der Waals surface area (Å²) in [5, 5.41) is 8.43. The van der Waals surface area contributed by atoms with Crippen molar-refractivity contribution < 1.29 is 23.5 Å². The van der Waals surface area contributed by atoms with E-state index in [1.807, 2.05) is 0 Å². The van der Waals surface area contributed by atoms with Gasteiger partial charge in [-0.1, -0.05) is 0 Å². The summed E-state index contributed by atoms with van der Waals surface area (Å²) < 4.78 is 14.5. The maximum Gasteiger partial charge on any atom is 0.422 e. The van der Waals surface area contributed by atoms with Crippen LogP contribution in [0.2, 0.25) is 0 Å². The first-order valence-corrected chi connectivity index (χ1v) is 4.60. The van der Waals surface area contributed by atoms with Gasteiger partial charge in [-0.2, -0.15) is 13.6 Å². The Morgan fingerprint density at radius 2 is 1.64 bits per heavy atom. The van der Waals surface area contributed by atoms with E-state index in [2.05, 4.69) is 0 Å². The summed E-state index contributed by atoms with van der Waals surface area (Å²) in [7, 11) is 1.50. The normalized spacial score (nSPS) is 11.5. The van der Waals surface area contributed by atoms with Gasteiger partial charge in [0.1, 0.15) is 0 Å². The minimum Gasteiger partial charge on any atom is -0.478 e. The van der Waals surface area contributed by atoms with E-state index in [4.69, 9.17) is 18.7 Å². The third-order valence-corrected chi connectivity index (χ3v) is 3.49. The van der Waals surface area contributed by atoms with Gasteiger partial charge < -0.3 is 5.11 Å². The Bertz CT molecular complexity index is 125. The molecule has 0 amide bonds. The number of rotatable bonds is 5. The van der Waals surface area contributed by atoms with Crippen molar-refractivity contribution in [2.75, 3.05) is 27.5 Å². The van der Waals surface area contributed by atoms with Gasteiger partial charge in [-0.25, -0.2) is 4.79 Å². The van der Waals surface area contributed by atoms with E-state index in [9.17, 15) is 4.79 Å². The molecule has 66 valence electrons. The lowest BCUT2D eigenvalue weighted by Crippen LogP contribution is -2.12. The molecule has 0 aromatic rings. The van der Waals surface area contributed by atoms with Crippen LogP contribution < -0.4 is 0 Å². The Kier molecular flexibility index (Phi) is 4.52. The number of carboxylic acids is 1. The van der Waals surface area contributed by atoms with Gasteiger partial charge in [0.15, 0.2) is 0 Å². The second kappa shape index (κ2) is 4.62. The topological polar surface area (TPSA) is 65.0 Å². The van der Waals surface area contributed by atoms with Crippen molar-refractivity contribution in [2.45, 2.75) is 0 Å². The minimum absolute atomic E-state index is 0.240. The van der Waals surface area contributed by atoms with Crippen LogP contribution in [-0.2, 0) is 18.4 Å². The number of hydrogen-bond acceptors (Lipinski definition) is 4. The summed E-state index contributed by atoms with van der Waals surface area (Å²) in [6.45, 7) is 0. The van der Waals surface area contributed by atoms with E-state index in [-0.39, 0.29) is 6.16 Å². The highest BCUT2D eigenvalue weighted by Gasteiger charge is 2.44. The fraction of sp³-hybridized carbons (Fsp3) is 0.800. The minimum atomic E-state index is -2.59. The van der Waals surface area contributed by atoms with Crippen molar-refractivity contribution in [1.82, 2.24) is 0 Å². The van der Waals surface area contributed by atoms with Gasteiger partial charge >= 0.3 is 13.9 Å². The van der Waals surface area contributed by atoms with Crippen LogP contribution in [0.1, 0.15) is 0 Å². The average Bonchev–Trinajstić information content (AvgIpc) is 2.00. The van der Waals surface area contributed by atoms with Crippen molar-refractivity contribution in [3.63, 3.8) is 0 Å². The number of carbonyl (C=O) groups is 1. The van der Waals surface area contributed by atoms with Gasteiger partial charge in [0, 0.05) is 0 Å². The van der Waals surface area contributed by atoms with Gasteiger partial charge in [-0.3, -0.25) is 0 Å². The molecule has 11 heavy (non-hydrogen) atoms. The monoisotopic (exact) mass is 183 g/mol. The van der Waals surface area contributed by atoms with Gasteiger partial charge in [-0.05, 0) is 0 Å². The van der Waals surface area contributed by atoms with Crippen LogP contribution in [0.4, 0.5) is 0 Å². The molecule has 6 heteroatoms. The number of carboxylic acid groups (broad SMARTS) is 1. The molecule has 5 nitrogen and oxygen atoms in total. The molecular formula is C5H12O5P+. The molecule has 0 rings (SSSR count). The number of hydrogen-bond donors (Lipinski definition) is 1. The third-order valence-electron chi connectivity index (χ3n) is 1.16. The molecule has 0 unspecified atom stereocenters. The van der Waals surface area contributed by atoms with E-state index in [1.165, 1.54) is 21.3 Å². The molecule has 0 radical (unpaired) electrons. The molecule has 0 aromatic heterocycles. The Hall–Kier alpha value is -0.220. The summed E-state index contributed by atoms with van der Waals surface area (Å²) >= 11 is 0. The first kappa shape index (κ1) is 10.8. The summed E-state index contributed by atoms with van der Waals surface area (Å²) in [4.78, 5) is 10.3. The van der Waals surface area contributed by atoms with Gasteiger partial charge in [-0.15, -0.1) is 0 Å². The first-order valence-electron chi connectivity index (χ1n) is 2.87. The molecule has 0 aromatic carbocycles. The molecule has 0 aliphatic carbocycles. The Balaban J connectivity index is 4.16. The molecule has 0 saturated heterocycles. The van der Waals surface area contributed by atoms with E-state index in [0.717, 1.165) is 0 Å². The zero-order valence-electron chi connectivity index (χ0n) is 6.73. The standard InChI is InChI=1S/C5H11O5P/c1-8-11(9-2,10-3)4-5(6)7/h4H2,1-3H3/p+1. The largest absolute Gasteiger partial charge is 0.478 e. The molecule has 0 saturated carbocycles. The van der Waals surface area contributed by atoms with Gasteiger partial charge in [0.2, 0.25) is 6.16 Å². The van der Waals surface area contributed by atoms with Crippen LogP contribution in [0.3, 0.4) is 0 Å². The summed E-state index contributed by atoms with van der Waals surface area (Å²) in [6.07, 6.45) is -0.240. The summed E-state index contributed by atoms with van der Waals surface area (Å²) in [5.74, 6) is -0.996. The molecule has 0 fully saturated rings. The Morgan fingerprint density at radius 1 is 1.27 bits per heavy atom. The Labute approximate surface area is 65.8 Å². The molecular weight excluding hydrogens is 171 g/mol. The van der Waals surface area contributed by atoms with Crippen molar-refractivity contribution >= 4 is 13.9 Å². The molecule has 0 atom stereocenters. The van der Waals surface area contributed by atoms with Crippen LogP contribution in [-0.4, -0.2) is 38.6 Å². The lowest BCUT2D eigenvalue weighted by Gasteiger charge is -2.14. The van der Waals surface area contributed by atoms with Crippen LogP contribution in [0.15, 0.2) is 0 Å². The van der Waals surface area contributed by atoms with Crippen molar-refractivity contribution in [1.29, 1.82) is 0 Å². The first-order chi connectivity index (χ1) is 5.10. The van der Waals surface area contributed by atoms with Gasteiger partial charge in [0.25, 0.3) is 0 Å². The maximum atomic E-state index is 10.3. The molecule has 0 bridgehead atoms. The zero-order valence-corrected chi connectivity index (χ0v) is 7.63. The molecule has 0 aliphatic heterocycles. The van der Waals surface area contributed by atoms with Crippen molar-refractivity contribution in [3.8, 4) is 0 Å². The van der Waals surface area contributed by atoms with Crippen LogP contribution in [0, 0.1) is 0 Å². The smallest absolute Gasteiger partial charge is 0.422 e. The lowest BCUT2D eigenvalue weighted by atomic mass is 10.8. The predicted octanol–water partition coefficient (Wildman–Crippen LogP) is 0.773. The van der Waals surface area contributed by atoms with E-state index < -0.39 is 13.9 Å². The quantitative estimate of drug-likeness (QED) is 0.638. The molecule has 0 aliphatic rings. The Morgan fingerprint density at radius 3 is 1.73 bits per heavy atom. The third kappa shape index (κ3) is 3.12. The number of aliphatic carboxylic acids is 1. The lowest BCUT2D eigenvalue weighted by molar-refractivity contribution is -0.134. The second-order valence-electron chi connectivity index (χ2n) is 1.71. The highest BCUT2D eigenvalue weighted by molar-refractivity contribution is 7.62. The zero-order chi connectivity index (χ0) is 8.91. The highest BCUT2D eigenvalue weighted by Crippen LogP contribution is 2.59. The maximum absolute atomic E-state index is 10.3. The average molecular weight is 183 g/mol. The molecule has 0 spiro atoms. The summed E-state index contributed by atoms with van der Waals surface area (Å²) in [5.41, 5.74) is 0. The van der Waals surface area contributed by atoms with E-state index in [1.54, 1.807) is 0 Å². The highest BCUT2D eigenvalue weighted by atomic mass is 31.2. The second-order valence-corrected chi connectivity index (χ2v) is 4.34. The summed E-state index contributed by atoms with van der Waals surface area (Å²) in [6, 6.07) is 0. The van der Waals surface area contributed by atoms with Crippen molar-refractivity contribution in [2.24, 2.45) is 0 Å². The van der Waals surface area contributed by atoms with E-state index >= 15 is 0 Å². The van der Waals surface area contributed by atoms with Crippen LogP contribution in [0.25, 0.3) is 0 Å². The predicted molar refractivity (Wildman–Crippen MR) is 40.4 cm³/mol. The van der Waals surface area contributed by atoms with E-state index in [0.29, 0.717) is 0 Å². The fourth-order valence-electron chi connectivity index (χ4n) is 0.583. The fourth-order valence-corrected chi connectivity index (χ4v) is 1.75. The molecule has 1 N–H and O–H groups in total. The van der Waals surface area contributed by atoms with Crippen molar-refractivity contribution in [3.05, 3.63) is 0 Å². The van der Waals surface area contributed by atoms with Crippen LogP contribution >= 0.6 is 7.94 Å².